The molecule has 0 aromatic rings. The normalized spacial score (nSPS) is 33.8. The predicted octanol–water partition coefficient (Wildman–Crippen LogP) is 1.91. The number of aliphatic hydroxyl groups is 1. The molecule has 12 heavy (non-hydrogen) atoms. The molecular formula is C10H18O2. The Morgan fingerprint density at radius 1 is 1.42 bits per heavy atom. The summed E-state index contributed by atoms with van der Waals surface area (Å²) in [5.41, 5.74) is 0. The molecule has 0 aromatic heterocycles. The average molecular weight is 171 g/mol. The van der Waals surface area contributed by atoms with Gasteiger partial charge in [-0.15, -0.1) is 0 Å². The van der Waals surface area contributed by atoms with Gasteiger partial charge in [-0.05, 0) is 19.3 Å². The van der Waals surface area contributed by atoms with E-state index in [1.807, 2.05) is 0 Å². The van der Waals surface area contributed by atoms with E-state index in [0.29, 0.717) is 19.3 Å². The summed E-state index contributed by atoms with van der Waals surface area (Å²) in [4.78, 5) is 11.6. The molecule has 1 unspecified atom stereocenters. The SMILES string of the molecule is [2H]C1(CCO)CCCCCCC1=O. The lowest BCUT2D eigenvalue weighted by atomic mass is 9.88. The zero-order chi connectivity index (χ0) is 9.73. The smallest absolute Gasteiger partial charge is 0.136 e. The van der Waals surface area contributed by atoms with Crippen LogP contribution in [0, 0.1) is 5.89 Å². The van der Waals surface area contributed by atoms with Gasteiger partial charge in [-0.3, -0.25) is 4.79 Å². The molecule has 1 N–H and O–H groups in total. The largest absolute Gasteiger partial charge is 0.396 e. The number of hydrogen-bond donors (Lipinski definition) is 1. The van der Waals surface area contributed by atoms with E-state index < -0.39 is 5.89 Å². The van der Waals surface area contributed by atoms with E-state index in [1.165, 1.54) is 0 Å². The summed E-state index contributed by atoms with van der Waals surface area (Å²) in [6.07, 6.45) is 5.59. The third-order valence-electron chi connectivity index (χ3n) is 2.44. The van der Waals surface area contributed by atoms with Crippen LogP contribution in [0.1, 0.15) is 46.3 Å². The van der Waals surface area contributed by atoms with Crippen LogP contribution in [-0.4, -0.2) is 17.5 Å². The predicted molar refractivity (Wildman–Crippen MR) is 47.9 cm³/mol. The topological polar surface area (TPSA) is 37.3 Å². The second-order valence-electron chi connectivity index (χ2n) is 3.41. The Hall–Kier alpha value is -0.370. The fraction of sp³-hybridized carbons (Fsp3) is 0.900. The molecule has 0 saturated heterocycles. The molecule has 1 aliphatic carbocycles. The highest BCUT2D eigenvalue weighted by atomic mass is 16.3. The Bertz CT molecular complexity index is 182. The van der Waals surface area contributed by atoms with Crippen molar-refractivity contribution in [3.63, 3.8) is 0 Å². The molecule has 1 rings (SSSR count). The first-order chi connectivity index (χ1) is 6.19. The van der Waals surface area contributed by atoms with Crippen LogP contribution in [0.2, 0.25) is 0 Å². The molecule has 0 spiro atoms. The molecule has 2 heteroatoms. The Labute approximate surface area is 75.4 Å². The monoisotopic (exact) mass is 171 g/mol. The van der Waals surface area contributed by atoms with Gasteiger partial charge in [-0.25, -0.2) is 0 Å². The fourth-order valence-corrected chi connectivity index (χ4v) is 1.69. The van der Waals surface area contributed by atoms with Gasteiger partial charge in [0.1, 0.15) is 5.78 Å². The first kappa shape index (κ1) is 8.24. The van der Waals surface area contributed by atoms with Gasteiger partial charge in [-0.1, -0.05) is 19.3 Å². The van der Waals surface area contributed by atoms with Gasteiger partial charge in [0.25, 0.3) is 0 Å². The summed E-state index contributed by atoms with van der Waals surface area (Å²) in [7, 11) is 0. The van der Waals surface area contributed by atoms with Crippen LogP contribution >= 0.6 is 0 Å². The second kappa shape index (κ2) is 5.31. The van der Waals surface area contributed by atoms with Crippen molar-refractivity contribution in [1.29, 1.82) is 0 Å². The van der Waals surface area contributed by atoms with E-state index in [0.717, 1.165) is 25.7 Å². The summed E-state index contributed by atoms with van der Waals surface area (Å²) in [6.45, 7) is -0.0464. The molecule has 2 nitrogen and oxygen atoms in total. The Morgan fingerprint density at radius 3 is 2.92 bits per heavy atom. The maximum atomic E-state index is 11.6. The minimum atomic E-state index is -0.977. The lowest BCUT2D eigenvalue weighted by Gasteiger charge is -2.17. The van der Waals surface area contributed by atoms with Crippen molar-refractivity contribution in [3.8, 4) is 0 Å². The van der Waals surface area contributed by atoms with Crippen molar-refractivity contribution in [1.82, 2.24) is 0 Å². The summed E-state index contributed by atoms with van der Waals surface area (Å²) in [5.74, 6) is -0.948. The molecule has 0 bridgehead atoms. The lowest BCUT2D eigenvalue weighted by molar-refractivity contribution is -0.124. The first-order valence-corrected chi connectivity index (χ1v) is 4.83. The molecule has 1 atom stereocenters. The van der Waals surface area contributed by atoms with Crippen LogP contribution in [0.3, 0.4) is 0 Å². The van der Waals surface area contributed by atoms with Crippen LogP contribution in [0.5, 0.6) is 0 Å². The molecule has 1 saturated carbocycles. The number of carbonyl (C=O) groups is 1. The van der Waals surface area contributed by atoms with E-state index in [4.69, 9.17) is 6.48 Å². The minimum Gasteiger partial charge on any atom is -0.396 e. The zero-order valence-electron chi connectivity index (χ0n) is 8.51. The van der Waals surface area contributed by atoms with Crippen LogP contribution in [0.25, 0.3) is 0 Å². The van der Waals surface area contributed by atoms with Crippen molar-refractivity contribution < 1.29 is 11.3 Å². The van der Waals surface area contributed by atoms with Gasteiger partial charge < -0.3 is 5.11 Å². The van der Waals surface area contributed by atoms with Crippen LogP contribution < -0.4 is 0 Å². The maximum Gasteiger partial charge on any atom is 0.136 e. The van der Waals surface area contributed by atoms with Gasteiger partial charge in [-0.2, -0.15) is 0 Å². The summed E-state index contributed by atoms with van der Waals surface area (Å²) >= 11 is 0. The molecule has 0 radical (unpaired) electrons. The molecule has 0 aliphatic heterocycles. The highest BCUT2D eigenvalue weighted by Gasteiger charge is 2.18. The molecule has 0 heterocycles. The minimum absolute atomic E-state index is 0.0289. The Morgan fingerprint density at radius 2 is 2.17 bits per heavy atom. The maximum absolute atomic E-state index is 11.6. The van der Waals surface area contributed by atoms with Gasteiger partial charge in [0.05, 0.1) is 0 Å². The molecule has 0 amide bonds. The quantitative estimate of drug-likeness (QED) is 0.689. The number of aliphatic hydroxyl groups excluding tert-OH is 1. The molecule has 70 valence electrons. The summed E-state index contributed by atoms with van der Waals surface area (Å²) < 4.78 is 7.95. The van der Waals surface area contributed by atoms with Crippen LogP contribution in [0.4, 0.5) is 0 Å². The summed E-state index contributed by atoms with van der Waals surface area (Å²) in [5, 5.41) is 8.79. The van der Waals surface area contributed by atoms with Gasteiger partial charge >= 0.3 is 0 Å². The second-order valence-corrected chi connectivity index (χ2v) is 3.41. The van der Waals surface area contributed by atoms with Crippen molar-refractivity contribution in [3.05, 3.63) is 0 Å². The van der Waals surface area contributed by atoms with E-state index in [9.17, 15) is 4.79 Å². The third-order valence-corrected chi connectivity index (χ3v) is 2.44. The highest BCUT2D eigenvalue weighted by Crippen LogP contribution is 2.21. The fourth-order valence-electron chi connectivity index (χ4n) is 1.69. The van der Waals surface area contributed by atoms with E-state index in [1.54, 1.807) is 0 Å². The number of carbonyl (C=O) groups excluding carboxylic acids is 1. The first-order valence-electron chi connectivity index (χ1n) is 5.33. The van der Waals surface area contributed by atoms with Gasteiger partial charge in [0.2, 0.25) is 0 Å². The van der Waals surface area contributed by atoms with Gasteiger partial charge in [0.15, 0.2) is 0 Å². The lowest BCUT2D eigenvalue weighted by Crippen LogP contribution is -2.17. The summed E-state index contributed by atoms with van der Waals surface area (Å²) in [6, 6.07) is 0. The zero-order valence-corrected chi connectivity index (χ0v) is 7.51. The molecular weight excluding hydrogens is 152 g/mol. The Kier molecular flexibility index (Phi) is 3.64. The number of Topliss-reactive ketones (excluding diaryl/α,β-unsaturated/α-hetero) is 1. The van der Waals surface area contributed by atoms with E-state index in [-0.39, 0.29) is 12.4 Å². The van der Waals surface area contributed by atoms with E-state index in [2.05, 4.69) is 0 Å². The molecule has 1 fully saturated rings. The van der Waals surface area contributed by atoms with E-state index >= 15 is 0 Å². The standard InChI is InChI=1S/C10H18O2/c11-8-7-9-5-3-1-2-4-6-10(9)12/h9,11H,1-8H2/i9D. The van der Waals surface area contributed by atoms with Gasteiger partial charge in [0, 0.05) is 20.3 Å². The third kappa shape index (κ3) is 2.94. The van der Waals surface area contributed by atoms with Crippen LogP contribution in [0.15, 0.2) is 0 Å². The van der Waals surface area contributed by atoms with Crippen molar-refractivity contribution >= 4 is 5.78 Å². The number of rotatable bonds is 2. The molecule has 0 aromatic carbocycles. The number of ketones is 1. The molecule has 1 aliphatic rings. The number of hydrogen-bond acceptors (Lipinski definition) is 2. The highest BCUT2D eigenvalue weighted by molar-refractivity contribution is 5.80. The van der Waals surface area contributed by atoms with Crippen molar-refractivity contribution in [2.45, 2.75) is 44.9 Å². The van der Waals surface area contributed by atoms with Crippen molar-refractivity contribution in [2.24, 2.45) is 5.89 Å². The average Bonchev–Trinajstić information content (AvgIpc) is 2.09. The van der Waals surface area contributed by atoms with Crippen molar-refractivity contribution in [2.75, 3.05) is 6.61 Å². The van der Waals surface area contributed by atoms with Crippen LogP contribution in [-0.2, 0) is 4.79 Å². The Balaban J connectivity index is 2.59.